The number of ketones is 1. The zero-order valence-corrected chi connectivity index (χ0v) is 9.31. The SMILES string of the molecule is CC.CC.CC1CCCC(=O)C1. The van der Waals surface area contributed by atoms with Gasteiger partial charge in [-0.25, -0.2) is 0 Å². The predicted molar refractivity (Wildman–Crippen MR) is 55.3 cm³/mol. The second-order valence-corrected chi connectivity index (χ2v) is 2.74. The third-order valence-corrected chi connectivity index (χ3v) is 1.73. The minimum absolute atomic E-state index is 0.462. The first kappa shape index (κ1) is 14.2. The van der Waals surface area contributed by atoms with E-state index in [9.17, 15) is 4.79 Å². The van der Waals surface area contributed by atoms with Crippen molar-refractivity contribution >= 4 is 5.78 Å². The summed E-state index contributed by atoms with van der Waals surface area (Å²) >= 11 is 0. The van der Waals surface area contributed by atoms with Crippen LogP contribution in [0.3, 0.4) is 0 Å². The zero-order chi connectivity index (χ0) is 9.98. The first-order valence-electron chi connectivity index (χ1n) is 5.31. The van der Waals surface area contributed by atoms with E-state index in [-0.39, 0.29) is 0 Å². The van der Waals surface area contributed by atoms with Gasteiger partial charge >= 0.3 is 0 Å². The summed E-state index contributed by atoms with van der Waals surface area (Å²) in [5, 5.41) is 0. The Morgan fingerprint density at radius 3 is 1.92 bits per heavy atom. The molecule has 1 atom stereocenters. The van der Waals surface area contributed by atoms with Crippen LogP contribution in [0, 0.1) is 5.92 Å². The molecule has 0 heterocycles. The van der Waals surface area contributed by atoms with Gasteiger partial charge in [0.05, 0.1) is 0 Å². The molecule has 0 aromatic rings. The van der Waals surface area contributed by atoms with Crippen LogP contribution in [-0.2, 0) is 4.79 Å². The van der Waals surface area contributed by atoms with E-state index < -0.39 is 0 Å². The largest absolute Gasteiger partial charge is 0.300 e. The minimum Gasteiger partial charge on any atom is -0.300 e. The third-order valence-electron chi connectivity index (χ3n) is 1.73. The Morgan fingerprint density at radius 2 is 1.67 bits per heavy atom. The van der Waals surface area contributed by atoms with Gasteiger partial charge in [-0.15, -0.1) is 0 Å². The van der Waals surface area contributed by atoms with Crippen molar-refractivity contribution in [2.45, 2.75) is 60.3 Å². The molecule has 74 valence electrons. The van der Waals surface area contributed by atoms with E-state index in [1.807, 2.05) is 27.7 Å². The zero-order valence-electron chi connectivity index (χ0n) is 9.31. The molecule has 0 amide bonds. The maximum absolute atomic E-state index is 10.7. The molecule has 0 N–H and O–H groups in total. The first-order valence-corrected chi connectivity index (χ1v) is 5.31. The van der Waals surface area contributed by atoms with Gasteiger partial charge in [0.2, 0.25) is 0 Å². The summed E-state index contributed by atoms with van der Waals surface area (Å²) < 4.78 is 0. The van der Waals surface area contributed by atoms with Crippen LogP contribution in [0.1, 0.15) is 60.3 Å². The third kappa shape index (κ3) is 7.77. The van der Waals surface area contributed by atoms with Crippen LogP contribution in [0.4, 0.5) is 0 Å². The van der Waals surface area contributed by atoms with Gasteiger partial charge in [0.15, 0.2) is 0 Å². The van der Waals surface area contributed by atoms with E-state index in [1.54, 1.807) is 0 Å². The van der Waals surface area contributed by atoms with Crippen molar-refractivity contribution < 1.29 is 4.79 Å². The Balaban J connectivity index is 0. The number of rotatable bonds is 0. The van der Waals surface area contributed by atoms with E-state index in [0.29, 0.717) is 11.7 Å². The second kappa shape index (κ2) is 10.7. The molecule has 0 aromatic carbocycles. The Kier molecular flexibility index (Phi) is 12.6. The van der Waals surface area contributed by atoms with Crippen molar-refractivity contribution in [3.63, 3.8) is 0 Å². The highest BCUT2D eigenvalue weighted by Gasteiger charge is 2.14. The molecule has 1 aliphatic carbocycles. The summed E-state index contributed by atoms with van der Waals surface area (Å²) in [6.07, 6.45) is 4.05. The van der Waals surface area contributed by atoms with Crippen molar-refractivity contribution in [1.82, 2.24) is 0 Å². The summed E-state index contributed by atoms with van der Waals surface area (Å²) in [6, 6.07) is 0. The van der Waals surface area contributed by atoms with Gasteiger partial charge in [-0.3, -0.25) is 4.79 Å². The lowest BCUT2D eigenvalue weighted by atomic mass is 9.90. The summed E-state index contributed by atoms with van der Waals surface area (Å²) in [5.74, 6) is 1.12. The van der Waals surface area contributed by atoms with Crippen molar-refractivity contribution in [3.05, 3.63) is 0 Å². The molecular weight excluding hydrogens is 148 g/mol. The summed E-state index contributed by atoms with van der Waals surface area (Å²) in [6.45, 7) is 10.1. The lowest BCUT2D eigenvalue weighted by molar-refractivity contribution is -0.121. The van der Waals surface area contributed by atoms with E-state index in [1.165, 1.54) is 6.42 Å². The molecule has 1 aliphatic rings. The average molecular weight is 172 g/mol. The molecule has 12 heavy (non-hydrogen) atoms. The van der Waals surface area contributed by atoms with Crippen LogP contribution < -0.4 is 0 Å². The summed E-state index contributed by atoms with van der Waals surface area (Å²) in [4.78, 5) is 10.7. The maximum Gasteiger partial charge on any atom is 0.133 e. The van der Waals surface area contributed by atoms with Gasteiger partial charge in [0, 0.05) is 12.8 Å². The highest BCUT2D eigenvalue weighted by atomic mass is 16.1. The van der Waals surface area contributed by atoms with E-state index in [2.05, 4.69) is 6.92 Å². The van der Waals surface area contributed by atoms with Crippen LogP contribution in [-0.4, -0.2) is 5.78 Å². The molecule has 1 saturated carbocycles. The maximum atomic E-state index is 10.7. The second-order valence-electron chi connectivity index (χ2n) is 2.74. The normalized spacial score (nSPS) is 21.4. The molecule has 1 nitrogen and oxygen atoms in total. The number of carbonyl (C=O) groups is 1. The minimum atomic E-state index is 0.462. The predicted octanol–water partition coefficient (Wildman–Crippen LogP) is 3.82. The molecular formula is C11H24O. The fourth-order valence-electron chi connectivity index (χ4n) is 1.24. The Labute approximate surface area is 77.6 Å². The van der Waals surface area contributed by atoms with Gasteiger partial charge in [-0.05, 0) is 18.8 Å². The molecule has 0 saturated heterocycles. The van der Waals surface area contributed by atoms with Crippen LogP contribution in [0.15, 0.2) is 0 Å². The van der Waals surface area contributed by atoms with E-state index in [0.717, 1.165) is 19.3 Å². The fourth-order valence-corrected chi connectivity index (χ4v) is 1.24. The lowest BCUT2D eigenvalue weighted by Crippen LogP contribution is -2.11. The van der Waals surface area contributed by atoms with E-state index in [4.69, 9.17) is 0 Å². The number of hydrogen-bond acceptors (Lipinski definition) is 1. The molecule has 1 fully saturated rings. The van der Waals surface area contributed by atoms with Gasteiger partial charge in [0.25, 0.3) is 0 Å². The number of Topliss-reactive ketones (excluding diaryl/α,β-unsaturated/α-hetero) is 1. The average Bonchev–Trinajstić information content (AvgIpc) is 2.11. The molecule has 0 spiro atoms. The van der Waals surface area contributed by atoms with Crippen molar-refractivity contribution in [2.75, 3.05) is 0 Å². The molecule has 0 aromatic heterocycles. The summed E-state index contributed by atoms with van der Waals surface area (Å²) in [7, 11) is 0. The van der Waals surface area contributed by atoms with Crippen LogP contribution in [0.5, 0.6) is 0 Å². The molecule has 1 unspecified atom stereocenters. The quantitative estimate of drug-likeness (QED) is 0.543. The highest BCUT2D eigenvalue weighted by Crippen LogP contribution is 2.19. The van der Waals surface area contributed by atoms with Crippen LogP contribution >= 0.6 is 0 Å². The summed E-state index contributed by atoms with van der Waals surface area (Å²) in [5.41, 5.74) is 0. The topological polar surface area (TPSA) is 17.1 Å². The van der Waals surface area contributed by atoms with E-state index >= 15 is 0 Å². The standard InChI is InChI=1S/C7H12O.2C2H6/c1-6-3-2-4-7(8)5-6;2*1-2/h6H,2-5H2,1H3;2*1-2H3. The smallest absolute Gasteiger partial charge is 0.133 e. The molecule has 0 aliphatic heterocycles. The number of carbonyl (C=O) groups excluding carboxylic acids is 1. The lowest BCUT2D eigenvalue weighted by Gasteiger charge is -2.14. The van der Waals surface area contributed by atoms with Gasteiger partial charge < -0.3 is 0 Å². The molecule has 0 radical (unpaired) electrons. The fraction of sp³-hybridized carbons (Fsp3) is 0.909. The first-order chi connectivity index (χ1) is 5.79. The van der Waals surface area contributed by atoms with Gasteiger partial charge in [0.1, 0.15) is 5.78 Å². The van der Waals surface area contributed by atoms with Crippen molar-refractivity contribution in [3.8, 4) is 0 Å². The molecule has 1 rings (SSSR count). The Bertz CT molecular complexity index is 97.2. The van der Waals surface area contributed by atoms with Gasteiger partial charge in [-0.2, -0.15) is 0 Å². The van der Waals surface area contributed by atoms with Crippen molar-refractivity contribution in [2.24, 2.45) is 5.92 Å². The monoisotopic (exact) mass is 172 g/mol. The molecule has 1 heteroatoms. The molecule has 0 bridgehead atoms. The Morgan fingerprint density at radius 1 is 1.17 bits per heavy atom. The highest BCUT2D eigenvalue weighted by molar-refractivity contribution is 5.79. The number of hydrogen-bond donors (Lipinski definition) is 0. The van der Waals surface area contributed by atoms with Crippen LogP contribution in [0.25, 0.3) is 0 Å². The van der Waals surface area contributed by atoms with Gasteiger partial charge in [-0.1, -0.05) is 34.6 Å². The Hall–Kier alpha value is -0.330. The van der Waals surface area contributed by atoms with Crippen LogP contribution in [0.2, 0.25) is 0 Å². The van der Waals surface area contributed by atoms with Crippen molar-refractivity contribution in [1.29, 1.82) is 0 Å².